The molecule has 0 atom stereocenters. The number of carbonyl (C=O) groups is 1. The maximum absolute atomic E-state index is 13.3. The topological polar surface area (TPSA) is 34.9 Å². The maximum atomic E-state index is 13.3. The zero-order valence-electron chi connectivity index (χ0n) is 18.2. The summed E-state index contributed by atoms with van der Waals surface area (Å²) in [6.45, 7) is 14.0. The molecule has 3 nitrogen and oxygen atoms in total. The number of rotatable bonds is 7. The largest absolute Gasteiger partial charge is 0.358 e. The second-order valence-electron chi connectivity index (χ2n) is 8.87. The number of pyridine rings is 1. The second kappa shape index (κ2) is 8.45. The molecule has 2 heterocycles. The van der Waals surface area contributed by atoms with Gasteiger partial charge in [-0.05, 0) is 46.5 Å². The smallest absolute Gasteiger partial charge is 0.171 e. The van der Waals surface area contributed by atoms with Crippen molar-refractivity contribution in [1.29, 1.82) is 0 Å². The Kier molecular flexibility index (Phi) is 6.35. The van der Waals surface area contributed by atoms with Gasteiger partial charge in [-0.3, -0.25) is 4.79 Å². The normalized spacial score (nSPS) is 12.5. The molecular formula is C24H31ClN2OSi. The molecule has 0 saturated heterocycles. The van der Waals surface area contributed by atoms with Gasteiger partial charge in [0.15, 0.2) is 14.0 Å². The first-order valence-corrected chi connectivity index (χ1v) is 13.0. The summed E-state index contributed by atoms with van der Waals surface area (Å²) in [5, 5.41) is 1.61. The number of Topliss-reactive ketones (excluding diaryl/α,β-unsaturated/α-hetero) is 1. The lowest BCUT2D eigenvalue weighted by Gasteiger charge is -2.44. The van der Waals surface area contributed by atoms with E-state index in [4.69, 9.17) is 16.6 Å². The van der Waals surface area contributed by atoms with Crippen molar-refractivity contribution in [3.05, 3.63) is 64.9 Å². The predicted molar refractivity (Wildman–Crippen MR) is 126 cm³/mol. The molecule has 29 heavy (non-hydrogen) atoms. The van der Waals surface area contributed by atoms with Crippen molar-refractivity contribution in [2.45, 2.75) is 64.6 Å². The molecule has 3 rings (SSSR count). The summed E-state index contributed by atoms with van der Waals surface area (Å²) in [5.41, 5.74) is 4.23. The van der Waals surface area contributed by atoms with E-state index >= 15 is 0 Å². The number of aromatic nitrogens is 2. The van der Waals surface area contributed by atoms with Gasteiger partial charge in [-0.1, -0.05) is 65.3 Å². The van der Waals surface area contributed by atoms with Crippen LogP contribution in [0.15, 0.2) is 48.8 Å². The van der Waals surface area contributed by atoms with E-state index < -0.39 is 8.24 Å². The average Bonchev–Trinajstić information content (AvgIpc) is 3.01. The highest BCUT2D eigenvalue weighted by Crippen LogP contribution is 2.44. The Morgan fingerprint density at radius 1 is 1.03 bits per heavy atom. The zero-order chi connectivity index (χ0) is 21.3. The minimum Gasteiger partial charge on any atom is -0.358 e. The highest BCUT2D eigenvalue weighted by atomic mass is 35.5. The summed E-state index contributed by atoms with van der Waals surface area (Å²) in [7, 11) is -2.01. The van der Waals surface area contributed by atoms with E-state index in [1.807, 2.05) is 42.6 Å². The Morgan fingerprint density at radius 2 is 1.69 bits per heavy atom. The molecule has 0 fully saturated rings. The first-order chi connectivity index (χ1) is 13.7. The number of hydrogen-bond acceptors (Lipinski definition) is 2. The van der Waals surface area contributed by atoms with E-state index in [0.29, 0.717) is 28.1 Å². The van der Waals surface area contributed by atoms with Gasteiger partial charge in [-0.25, -0.2) is 4.98 Å². The van der Waals surface area contributed by atoms with Crippen molar-refractivity contribution in [1.82, 2.24) is 9.22 Å². The number of benzene rings is 1. The molecule has 0 radical (unpaired) electrons. The van der Waals surface area contributed by atoms with Gasteiger partial charge in [-0.2, -0.15) is 0 Å². The molecule has 0 aliphatic heterocycles. The van der Waals surface area contributed by atoms with Gasteiger partial charge < -0.3 is 4.23 Å². The first-order valence-electron chi connectivity index (χ1n) is 10.4. The minimum atomic E-state index is -2.01. The molecule has 0 bridgehead atoms. The van der Waals surface area contributed by atoms with Crippen molar-refractivity contribution in [3.8, 4) is 0 Å². The summed E-state index contributed by atoms with van der Waals surface area (Å²) < 4.78 is 2.42. The van der Waals surface area contributed by atoms with Crippen LogP contribution in [0, 0.1) is 0 Å². The van der Waals surface area contributed by atoms with Gasteiger partial charge in [0.25, 0.3) is 0 Å². The molecule has 154 valence electrons. The summed E-state index contributed by atoms with van der Waals surface area (Å²) in [4.78, 5) is 18.1. The van der Waals surface area contributed by atoms with Gasteiger partial charge >= 0.3 is 0 Å². The monoisotopic (exact) mass is 426 g/mol. The van der Waals surface area contributed by atoms with E-state index in [1.165, 1.54) is 0 Å². The van der Waals surface area contributed by atoms with Crippen LogP contribution in [0.4, 0.5) is 0 Å². The molecule has 0 N–H and O–H groups in total. The molecule has 0 aliphatic carbocycles. The molecule has 5 heteroatoms. The second-order valence-corrected chi connectivity index (χ2v) is 15.0. The third-order valence-electron chi connectivity index (χ3n) is 6.31. The summed E-state index contributed by atoms with van der Waals surface area (Å²) in [6.07, 6.45) is 4.29. The molecule has 0 saturated carbocycles. The fourth-order valence-electron chi connectivity index (χ4n) is 5.34. The summed E-state index contributed by atoms with van der Waals surface area (Å²) >= 11 is 6.12. The van der Waals surface area contributed by atoms with Gasteiger partial charge in [0.05, 0.1) is 0 Å². The maximum Gasteiger partial charge on any atom is 0.171 e. The van der Waals surface area contributed by atoms with E-state index in [9.17, 15) is 4.79 Å². The fraction of sp³-hybridized carbons (Fsp3) is 0.417. The Hall–Kier alpha value is -1.91. The van der Waals surface area contributed by atoms with Crippen LogP contribution in [0.25, 0.3) is 11.0 Å². The number of halogens is 1. The van der Waals surface area contributed by atoms with Crippen LogP contribution in [0.1, 0.15) is 57.5 Å². The minimum absolute atomic E-state index is 0.114. The highest BCUT2D eigenvalue weighted by Gasteiger charge is 2.46. The van der Waals surface area contributed by atoms with Gasteiger partial charge in [0, 0.05) is 34.8 Å². The molecule has 0 spiro atoms. The van der Waals surface area contributed by atoms with E-state index in [-0.39, 0.29) is 5.78 Å². The summed E-state index contributed by atoms with van der Waals surface area (Å²) in [5.74, 6) is 0.114. The number of hydrogen-bond donors (Lipinski definition) is 0. The quantitative estimate of drug-likeness (QED) is 0.297. The fourth-order valence-corrected chi connectivity index (χ4v) is 12.1. The number of fused-ring (bicyclic) bond motifs is 1. The molecule has 0 aliphatic rings. The molecule has 2 aromatic heterocycles. The number of nitrogens with zero attached hydrogens (tertiary/aromatic N) is 2. The average molecular weight is 427 g/mol. The lowest BCUT2D eigenvalue weighted by molar-refractivity contribution is 0.0994. The van der Waals surface area contributed by atoms with Crippen molar-refractivity contribution in [2.24, 2.45) is 0 Å². The van der Waals surface area contributed by atoms with Crippen LogP contribution < -0.4 is 0 Å². The standard InChI is InChI=1S/C24H31ClN2OSi/c1-16(2)29(17(3)4,18(5)6)27-15-22(21-11-8-12-26-24(21)27)23(28)14-19-9-7-10-20(25)13-19/h7-13,15-18H,14H2,1-6H3. The van der Waals surface area contributed by atoms with Crippen molar-refractivity contribution in [2.75, 3.05) is 0 Å². The van der Waals surface area contributed by atoms with Crippen LogP contribution in [0.3, 0.4) is 0 Å². The van der Waals surface area contributed by atoms with Crippen molar-refractivity contribution < 1.29 is 4.79 Å². The Bertz CT molecular complexity index is 1000. The van der Waals surface area contributed by atoms with Crippen LogP contribution in [0.5, 0.6) is 0 Å². The Labute approximate surface area is 180 Å². The Morgan fingerprint density at radius 3 is 2.28 bits per heavy atom. The first kappa shape index (κ1) is 21.8. The van der Waals surface area contributed by atoms with Crippen molar-refractivity contribution in [3.63, 3.8) is 0 Å². The van der Waals surface area contributed by atoms with Gasteiger partial charge in [0.1, 0.15) is 5.65 Å². The van der Waals surface area contributed by atoms with Crippen molar-refractivity contribution >= 4 is 36.7 Å². The van der Waals surface area contributed by atoms with E-state index in [2.05, 4.69) is 52.0 Å². The SMILES string of the molecule is CC(C)[Si](C(C)C)(C(C)C)n1cc(C(=O)Cc2cccc(Cl)c2)c2cccnc21. The molecular weight excluding hydrogens is 396 g/mol. The molecule has 1 aromatic carbocycles. The van der Waals surface area contributed by atoms with Crippen LogP contribution in [0.2, 0.25) is 21.6 Å². The van der Waals surface area contributed by atoms with Gasteiger partial charge in [-0.15, -0.1) is 0 Å². The lowest BCUT2D eigenvalue weighted by Crippen LogP contribution is -2.51. The number of ketones is 1. The zero-order valence-corrected chi connectivity index (χ0v) is 20.0. The third-order valence-corrected chi connectivity index (χ3v) is 13.3. The molecule has 0 unspecified atom stereocenters. The third kappa shape index (κ3) is 3.80. The molecule has 3 aromatic rings. The molecule has 0 amide bonds. The van der Waals surface area contributed by atoms with Crippen LogP contribution in [-0.2, 0) is 6.42 Å². The van der Waals surface area contributed by atoms with E-state index in [1.54, 1.807) is 0 Å². The Balaban J connectivity index is 2.18. The van der Waals surface area contributed by atoms with Gasteiger partial charge in [0.2, 0.25) is 0 Å². The number of carbonyl (C=O) groups excluding carboxylic acids is 1. The van der Waals surface area contributed by atoms with E-state index in [0.717, 1.165) is 22.2 Å². The predicted octanol–water partition coefficient (Wildman–Crippen LogP) is 7.14. The lowest BCUT2D eigenvalue weighted by atomic mass is 10.0. The van der Waals surface area contributed by atoms with Crippen LogP contribution >= 0.6 is 11.6 Å². The van der Waals surface area contributed by atoms with Crippen LogP contribution in [-0.4, -0.2) is 23.2 Å². The highest BCUT2D eigenvalue weighted by molar-refractivity contribution is 6.82. The summed E-state index contributed by atoms with van der Waals surface area (Å²) in [6, 6.07) is 11.5.